The topological polar surface area (TPSA) is 75.3 Å². The molecule has 1 heterocycles. The summed E-state index contributed by atoms with van der Waals surface area (Å²) in [5.74, 6) is -0.637. The summed E-state index contributed by atoms with van der Waals surface area (Å²) in [5, 5.41) is 5.94. The van der Waals surface area contributed by atoms with Crippen LogP contribution in [0.1, 0.15) is 20.7 Å². The normalized spacial score (nSPS) is 10.7. The molecule has 0 saturated heterocycles. The Morgan fingerprint density at radius 2 is 1.52 bits per heavy atom. The first kappa shape index (κ1) is 15.2. The lowest BCUT2D eigenvalue weighted by molar-refractivity contribution is 0.0954. The Balaban J connectivity index is 2.55. The first-order valence-electron chi connectivity index (χ1n) is 7.01. The highest BCUT2D eigenvalue weighted by Crippen LogP contribution is 2.29. The van der Waals surface area contributed by atoms with Gasteiger partial charge in [0.2, 0.25) is 0 Å². The van der Waals surface area contributed by atoms with Crippen LogP contribution in [0, 0.1) is 0 Å². The maximum absolute atomic E-state index is 12.9. The zero-order chi connectivity index (χ0) is 16.6. The molecule has 0 unspecified atom stereocenters. The van der Waals surface area contributed by atoms with Crippen molar-refractivity contribution in [3.05, 3.63) is 57.7 Å². The highest BCUT2D eigenvalue weighted by molar-refractivity contribution is 7.25. The summed E-state index contributed by atoms with van der Waals surface area (Å²) in [6.07, 6.45) is 0. The van der Waals surface area contributed by atoms with Gasteiger partial charge in [0.15, 0.2) is 5.43 Å². The van der Waals surface area contributed by atoms with Crippen molar-refractivity contribution in [3.8, 4) is 0 Å². The first-order valence-corrected chi connectivity index (χ1v) is 7.83. The molecule has 2 N–H and O–H groups in total. The van der Waals surface area contributed by atoms with E-state index in [4.69, 9.17) is 0 Å². The summed E-state index contributed by atoms with van der Waals surface area (Å²) >= 11 is 1.34. The molecule has 3 rings (SSSR count). The number of fused-ring (bicyclic) bond motifs is 2. The Labute approximate surface area is 135 Å². The van der Waals surface area contributed by atoms with Gasteiger partial charge in [-0.1, -0.05) is 12.1 Å². The molecule has 23 heavy (non-hydrogen) atoms. The minimum Gasteiger partial charge on any atom is -0.355 e. The van der Waals surface area contributed by atoms with Gasteiger partial charge in [0.1, 0.15) is 0 Å². The maximum atomic E-state index is 12.9. The predicted octanol–water partition coefficient (Wildman–Crippen LogP) is 2.13. The Morgan fingerprint density at radius 3 is 2.22 bits per heavy atom. The van der Waals surface area contributed by atoms with Gasteiger partial charge in [-0.2, -0.15) is 0 Å². The lowest BCUT2D eigenvalue weighted by Gasteiger charge is -2.10. The average molecular weight is 326 g/mol. The van der Waals surface area contributed by atoms with E-state index in [1.54, 1.807) is 18.2 Å². The number of carbonyl (C=O) groups excluding carboxylic acids is 2. The van der Waals surface area contributed by atoms with Crippen molar-refractivity contribution in [1.82, 2.24) is 10.6 Å². The molecular formula is C17H14N2O3S. The molecule has 0 aliphatic rings. The van der Waals surface area contributed by atoms with E-state index in [-0.39, 0.29) is 28.2 Å². The smallest absolute Gasteiger partial charge is 0.252 e. The van der Waals surface area contributed by atoms with Gasteiger partial charge in [-0.15, -0.1) is 11.3 Å². The van der Waals surface area contributed by atoms with Gasteiger partial charge in [0.05, 0.1) is 21.2 Å². The molecule has 2 amide bonds. The predicted molar refractivity (Wildman–Crippen MR) is 92.4 cm³/mol. The van der Waals surface area contributed by atoms with Crippen molar-refractivity contribution in [3.63, 3.8) is 0 Å². The third-order valence-electron chi connectivity index (χ3n) is 3.67. The van der Waals surface area contributed by atoms with Crippen molar-refractivity contribution in [2.45, 2.75) is 0 Å². The molecule has 0 radical (unpaired) electrons. The zero-order valence-electron chi connectivity index (χ0n) is 12.6. The van der Waals surface area contributed by atoms with Crippen molar-refractivity contribution < 1.29 is 9.59 Å². The SMILES string of the molecule is CNC(=O)c1ccc(C(=O)NC)c2c(=O)c3ccccc3sc12. The second-order valence-electron chi connectivity index (χ2n) is 4.95. The number of amides is 2. The van der Waals surface area contributed by atoms with E-state index in [0.717, 1.165) is 4.70 Å². The number of carbonyl (C=O) groups is 2. The number of hydrogen-bond acceptors (Lipinski definition) is 4. The van der Waals surface area contributed by atoms with E-state index in [1.165, 1.54) is 31.5 Å². The van der Waals surface area contributed by atoms with Crippen LogP contribution in [0.5, 0.6) is 0 Å². The Kier molecular flexibility index (Phi) is 3.83. The second-order valence-corrected chi connectivity index (χ2v) is 6.00. The second kappa shape index (κ2) is 5.81. The summed E-state index contributed by atoms with van der Waals surface area (Å²) in [6.45, 7) is 0. The maximum Gasteiger partial charge on any atom is 0.252 e. The van der Waals surface area contributed by atoms with Crippen LogP contribution >= 0.6 is 11.3 Å². The number of rotatable bonds is 2. The van der Waals surface area contributed by atoms with Gasteiger partial charge in [0.25, 0.3) is 11.8 Å². The Morgan fingerprint density at radius 1 is 0.913 bits per heavy atom. The van der Waals surface area contributed by atoms with Gasteiger partial charge in [-0.3, -0.25) is 14.4 Å². The summed E-state index contributed by atoms with van der Waals surface area (Å²) < 4.78 is 1.30. The van der Waals surface area contributed by atoms with Crippen LogP contribution in [0.25, 0.3) is 20.2 Å². The molecule has 1 aromatic heterocycles. The summed E-state index contributed by atoms with van der Waals surface area (Å²) in [4.78, 5) is 37.1. The van der Waals surface area contributed by atoms with E-state index in [9.17, 15) is 14.4 Å². The van der Waals surface area contributed by atoms with Crippen LogP contribution in [-0.4, -0.2) is 25.9 Å². The Bertz CT molecular complexity index is 1010. The van der Waals surface area contributed by atoms with Crippen molar-refractivity contribution in [2.75, 3.05) is 14.1 Å². The lowest BCUT2D eigenvalue weighted by Crippen LogP contribution is -2.22. The number of hydrogen-bond donors (Lipinski definition) is 2. The van der Waals surface area contributed by atoms with E-state index >= 15 is 0 Å². The number of benzene rings is 2. The van der Waals surface area contributed by atoms with Crippen LogP contribution in [0.15, 0.2) is 41.2 Å². The molecule has 0 atom stereocenters. The van der Waals surface area contributed by atoms with E-state index in [1.807, 2.05) is 12.1 Å². The molecule has 6 heteroatoms. The standard InChI is InChI=1S/C17H14N2O3S/c1-18-16(21)10-7-8-11(17(22)19-2)15-13(10)14(20)9-5-3-4-6-12(9)23-15/h3-8H,1-2H3,(H,18,21)(H,19,22). The fourth-order valence-corrected chi connectivity index (χ4v) is 3.75. The van der Waals surface area contributed by atoms with Crippen molar-refractivity contribution in [2.24, 2.45) is 0 Å². The lowest BCUT2D eigenvalue weighted by atomic mass is 10.0. The minimum atomic E-state index is -0.349. The van der Waals surface area contributed by atoms with Crippen LogP contribution in [0.4, 0.5) is 0 Å². The summed E-state index contributed by atoms with van der Waals surface area (Å²) in [7, 11) is 3.04. The van der Waals surface area contributed by atoms with E-state index < -0.39 is 0 Å². The largest absolute Gasteiger partial charge is 0.355 e. The van der Waals surface area contributed by atoms with E-state index in [2.05, 4.69) is 10.6 Å². The molecule has 0 spiro atoms. The molecule has 0 saturated carbocycles. The average Bonchev–Trinajstić information content (AvgIpc) is 2.59. The molecule has 0 aliphatic carbocycles. The fraction of sp³-hybridized carbons (Fsp3) is 0.118. The third kappa shape index (κ3) is 2.37. The first-order chi connectivity index (χ1) is 11.1. The summed E-state index contributed by atoms with van der Waals surface area (Å²) in [6, 6.07) is 10.3. The molecule has 5 nitrogen and oxygen atoms in total. The minimum absolute atomic E-state index is 0.237. The van der Waals surface area contributed by atoms with Gasteiger partial charge in [-0.05, 0) is 24.3 Å². The third-order valence-corrected chi connectivity index (χ3v) is 4.88. The van der Waals surface area contributed by atoms with Gasteiger partial charge >= 0.3 is 0 Å². The highest BCUT2D eigenvalue weighted by atomic mass is 32.1. The van der Waals surface area contributed by atoms with Crippen LogP contribution in [-0.2, 0) is 0 Å². The molecule has 3 aromatic rings. The van der Waals surface area contributed by atoms with Crippen molar-refractivity contribution >= 4 is 43.3 Å². The van der Waals surface area contributed by atoms with Crippen LogP contribution < -0.4 is 16.1 Å². The van der Waals surface area contributed by atoms with Gasteiger partial charge < -0.3 is 10.6 Å². The monoisotopic (exact) mass is 326 g/mol. The van der Waals surface area contributed by atoms with Crippen LogP contribution in [0.2, 0.25) is 0 Å². The highest BCUT2D eigenvalue weighted by Gasteiger charge is 2.19. The molecule has 0 fully saturated rings. The zero-order valence-corrected chi connectivity index (χ0v) is 13.4. The molecule has 0 bridgehead atoms. The fourth-order valence-electron chi connectivity index (χ4n) is 2.54. The molecular weight excluding hydrogens is 312 g/mol. The van der Waals surface area contributed by atoms with Gasteiger partial charge in [0, 0.05) is 24.2 Å². The Hall–Kier alpha value is -2.73. The molecule has 0 aliphatic heterocycles. The summed E-state index contributed by atoms with van der Waals surface area (Å²) in [5.41, 5.74) is 0.434. The molecule has 116 valence electrons. The quantitative estimate of drug-likeness (QED) is 0.709. The molecule has 2 aromatic carbocycles. The number of nitrogens with one attached hydrogen (secondary N) is 2. The van der Waals surface area contributed by atoms with E-state index in [0.29, 0.717) is 15.6 Å². The van der Waals surface area contributed by atoms with Gasteiger partial charge in [-0.25, -0.2) is 0 Å². The van der Waals surface area contributed by atoms with Crippen molar-refractivity contribution in [1.29, 1.82) is 0 Å². The van der Waals surface area contributed by atoms with Crippen LogP contribution in [0.3, 0.4) is 0 Å².